The smallest absolute Gasteiger partial charge is 0.310 e. The normalized spacial score (nSPS) is 15.4. The van der Waals surface area contributed by atoms with Gasteiger partial charge in [-0.05, 0) is 42.7 Å². The van der Waals surface area contributed by atoms with Crippen molar-refractivity contribution in [1.82, 2.24) is 9.29 Å². The molecule has 1 aromatic heterocycles. The first-order valence-electron chi connectivity index (χ1n) is 9.61. The van der Waals surface area contributed by atoms with Crippen LogP contribution >= 0.6 is 0 Å². The molecular weight excluding hydrogens is 392 g/mol. The van der Waals surface area contributed by atoms with Gasteiger partial charge in [-0.2, -0.15) is 4.31 Å². The van der Waals surface area contributed by atoms with E-state index < -0.39 is 16.0 Å². The zero-order valence-corrected chi connectivity index (χ0v) is 16.7. The van der Waals surface area contributed by atoms with Crippen molar-refractivity contribution in [3.63, 3.8) is 0 Å². The van der Waals surface area contributed by atoms with E-state index in [0.717, 1.165) is 19.3 Å². The maximum absolute atomic E-state index is 12.7. The van der Waals surface area contributed by atoms with Gasteiger partial charge in [0, 0.05) is 13.1 Å². The number of benzene rings is 2. The number of sulfonamides is 1. The van der Waals surface area contributed by atoms with Gasteiger partial charge in [-0.3, -0.25) is 4.79 Å². The summed E-state index contributed by atoms with van der Waals surface area (Å²) < 4.78 is 37.6. The van der Waals surface area contributed by atoms with Crippen LogP contribution in [0, 0.1) is 0 Å². The minimum absolute atomic E-state index is 0.0459. The van der Waals surface area contributed by atoms with Crippen molar-refractivity contribution in [2.45, 2.75) is 37.2 Å². The van der Waals surface area contributed by atoms with Gasteiger partial charge < -0.3 is 9.15 Å². The molecule has 0 spiro atoms. The first kappa shape index (κ1) is 19.6. The molecule has 0 aliphatic carbocycles. The fraction of sp³-hybridized carbons (Fsp3) is 0.333. The van der Waals surface area contributed by atoms with Crippen molar-refractivity contribution in [1.29, 1.82) is 0 Å². The van der Waals surface area contributed by atoms with E-state index in [1.807, 2.05) is 18.2 Å². The molecule has 0 atom stereocenters. The van der Waals surface area contributed by atoms with Gasteiger partial charge in [0.05, 0.1) is 11.3 Å². The molecule has 2 heterocycles. The summed E-state index contributed by atoms with van der Waals surface area (Å²) in [6, 6.07) is 13.7. The number of piperidine rings is 1. The molecule has 0 radical (unpaired) electrons. The lowest BCUT2D eigenvalue weighted by atomic mass is 10.1. The Labute approximate surface area is 169 Å². The van der Waals surface area contributed by atoms with E-state index >= 15 is 0 Å². The molecule has 0 saturated carbocycles. The number of para-hydroxylation sites is 2. The van der Waals surface area contributed by atoms with Crippen LogP contribution in [0.2, 0.25) is 0 Å². The van der Waals surface area contributed by atoms with Gasteiger partial charge in [0.15, 0.2) is 12.2 Å². The van der Waals surface area contributed by atoms with E-state index in [9.17, 15) is 13.2 Å². The van der Waals surface area contributed by atoms with Crippen LogP contribution < -0.4 is 0 Å². The predicted molar refractivity (Wildman–Crippen MR) is 107 cm³/mol. The van der Waals surface area contributed by atoms with E-state index in [-0.39, 0.29) is 17.9 Å². The number of oxazole rings is 1. The molecule has 152 valence electrons. The van der Waals surface area contributed by atoms with E-state index in [4.69, 9.17) is 9.15 Å². The van der Waals surface area contributed by atoms with Crippen molar-refractivity contribution in [2.75, 3.05) is 13.1 Å². The molecule has 8 heteroatoms. The lowest BCUT2D eigenvalue weighted by Crippen LogP contribution is -2.35. The number of esters is 1. The van der Waals surface area contributed by atoms with Crippen LogP contribution in [0.25, 0.3) is 11.1 Å². The van der Waals surface area contributed by atoms with Gasteiger partial charge in [0.2, 0.25) is 15.9 Å². The van der Waals surface area contributed by atoms with Gasteiger partial charge in [-0.25, -0.2) is 13.4 Å². The van der Waals surface area contributed by atoms with Gasteiger partial charge in [0.1, 0.15) is 5.52 Å². The standard InChI is InChI=1S/C21H22N2O5S/c24-21(27-15-20-22-18-6-2-3-7-19(18)28-20)14-16-8-10-17(11-9-16)29(25,26)23-12-4-1-5-13-23/h2-3,6-11H,1,4-5,12-15H2. The summed E-state index contributed by atoms with van der Waals surface area (Å²) in [6.45, 7) is 1.08. The third-order valence-electron chi connectivity index (χ3n) is 4.92. The van der Waals surface area contributed by atoms with Gasteiger partial charge in [-0.15, -0.1) is 0 Å². The lowest BCUT2D eigenvalue weighted by Gasteiger charge is -2.25. The van der Waals surface area contributed by atoms with Crippen LogP contribution in [-0.4, -0.2) is 36.8 Å². The molecule has 0 N–H and O–H groups in total. The van der Waals surface area contributed by atoms with Crippen molar-refractivity contribution in [2.24, 2.45) is 0 Å². The summed E-state index contributed by atoms with van der Waals surface area (Å²) in [7, 11) is -3.47. The number of carbonyl (C=O) groups excluding carboxylic acids is 1. The maximum Gasteiger partial charge on any atom is 0.310 e. The summed E-state index contributed by atoms with van der Waals surface area (Å²) in [5, 5.41) is 0. The number of aromatic nitrogens is 1. The van der Waals surface area contributed by atoms with Crippen molar-refractivity contribution < 1.29 is 22.4 Å². The summed E-state index contributed by atoms with van der Waals surface area (Å²) >= 11 is 0. The Hall–Kier alpha value is -2.71. The Morgan fingerprint density at radius 3 is 2.48 bits per heavy atom. The number of fused-ring (bicyclic) bond motifs is 1. The Kier molecular flexibility index (Phi) is 5.64. The molecule has 1 aliphatic rings. The Morgan fingerprint density at radius 1 is 1.03 bits per heavy atom. The highest BCUT2D eigenvalue weighted by molar-refractivity contribution is 7.89. The highest BCUT2D eigenvalue weighted by Gasteiger charge is 2.25. The number of hydrogen-bond acceptors (Lipinski definition) is 6. The zero-order chi connectivity index (χ0) is 20.3. The summed E-state index contributed by atoms with van der Waals surface area (Å²) in [6.07, 6.45) is 2.90. The Balaban J connectivity index is 1.35. The maximum atomic E-state index is 12.7. The highest BCUT2D eigenvalue weighted by atomic mass is 32.2. The Morgan fingerprint density at radius 2 is 1.76 bits per heavy atom. The second-order valence-corrected chi connectivity index (χ2v) is 8.96. The van der Waals surface area contributed by atoms with Crippen LogP contribution in [0.1, 0.15) is 30.7 Å². The molecule has 7 nitrogen and oxygen atoms in total. The molecule has 0 bridgehead atoms. The Bertz CT molecular complexity index is 1070. The van der Waals surface area contributed by atoms with Crippen molar-refractivity contribution in [3.05, 3.63) is 60.0 Å². The summed E-state index contributed by atoms with van der Waals surface area (Å²) in [5.41, 5.74) is 2.04. The second-order valence-electron chi connectivity index (χ2n) is 7.02. The number of carbonyl (C=O) groups is 1. The molecule has 2 aromatic carbocycles. The lowest BCUT2D eigenvalue weighted by molar-refractivity contribution is -0.144. The molecule has 1 aliphatic heterocycles. The van der Waals surface area contributed by atoms with Gasteiger partial charge in [-0.1, -0.05) is 30.7 Å². The topological polar surface area (TPSA) is 89.7 Å². The third-order valence-corrected chi connectivity index (χ3v) is 6.83. The summed E-state index contributed by atoms with van der Waals surface area (Å²) in [5.74, 6) is -0.0959. The molecule has 0 unspecified atom stereocenters. The molecular formula is C21H22N2O5S. The van der Waals surface area contributed by atoms with Crippen molar-refractivity contribution in [3.8, 4) is 0 Å². The highest BCUT2D eigenvalue weighted by Crippen LogP contribution is 2.21. The quantitative estimate of drug-likeness (QED) is 0.575. The average molecular weight is 414 g/mol. The third kappa shape index (κ3) is 4.49. The molecule has 1 fully saturated rings. The van der Waals surface area contributed by atoms with E-state index in [1.54, 1.807) is 30.3 Å². The number of hydrogen-bond donors (Lipinski definition) is 0. The summed E-state index contributed by atoms with van der Waals surface area (Å²) in [4.78, 5) is 16.6. The molecule has 1 saturated heterocycles. The minimum Gasteiger partial charge on any atom is -0.455 e. The zero-order valence-electron chi connectivity index (χ0n) is 15.9. The largest absolute Gasteiger partial charge is 0.455 e. The van der Waals surface area contributed by atoms with Crippen LogP contribution in [0.5, 0.6) is 0 Å². The SMILES string of the molecule is O=C(Cc1ccc(S(=O)(=O)N2CCCCC2)cc1)OCc1nc2ccccc2o1. The first-order chi connectivity index (χ1) is 14.0. The number of ether oxygens (including phenoxy) is 1. The number of nitrogens with zero attached hydrogens (tertiary/aromatic N) is 2. The van der Waals surface area contributed by atoms with Gasteiger partial charge >= 0.3 is 5.97 Å². The van der Waals surface area contributed by atoms with Crippen LogP contribution in [0.15, 0.2) is 57.8 Å². The average Bonchev–Trinajstić information content (AvgIpc) is 3.16. The fourth-order valence-electron chi connectivity index (χ4n) is 3.38. The van der Waals surface area contributed by atoms with E-state index in [0.29, 0.717) is 35.6 Å². The second kappa shape index (κ2) is 8.34. The van der Waals surface area contributed by atoms with E-state index in [1.165, 1.54) is 4.31 Å². The first-order valence-corrected chi connectivity index (χ1v) is 11.1. The molecule has 4 rings (SSSR count). The van der Waals surface area contributed by atoms with E-state index in [2.05, 4.69) is 4.98 Å². The molecule has 0 amide bonds. The minimum atomic E-state index is -3.47. The molecule has 3 aromatic rings. The van der Waals surface area contributed by atoms with Gasteiger partial charge in [0.25, 0.3) is 0 Å². The monoisotopic (exact) mass is 414 g/mol. The number of rotatable bonds is 6. The van der Waals surface area contributed by atoms with Crippen molar-refractivity contribution >= 4 is 27.1 Å². The van der Waals surface area contributed by atoms with Crippen LogP contribution in [0.3, 0.4) is 0 Å². The van der Waals surface area contributed by atoms with Crippen LogP contribution in [0.4, 0.5) is 0 Å². The fourth-order valence-corrected chi connectivity index (χ4v) is 4.89. The van der Waals surface area contributed by atoms with Crippen LogP contribution in [-0.2, 0) is 32.6 Å². The predicted octanol–water partition coefficient (Wildman–Crippen LogP) is 3.29. The molecule has 29 heavy (non-hydrogen) atoms.